The van der Waals surface area contributed by atoms with Crippen molar-refractivity contribution in [1.82, 2.24) is 0 Å². The monoisotopic (exact) mass is 225 g/mol. The zero-order chi connectivity index (χ0) is 11.1. The maximum atomic E-state index is 11.7. The van der Waals surface area contributed by atoms with Crippen LogP contribution in [-0.2, 0) is 9.84 Å². The Labute approximate surface area is 90.2 Å². The highest BCUT2D eigenvalue weighted by Crippen LogP contribution is 2.44. The summed E-state index contributed by atoms with van der Waals surface area (Å²) < 4.78 is 23.4. The summed E-state index contributed by atoms with van der Waals surface area (Å²) in [6.45, 7) is 1.67. The Hall–Kier alpha value is -0.870. The SMILES string of the molecule is CCS(=O)(=O)[C@H]1[C@@H](N)[C@@H]1c1ccccc1. The molecule has 15 heavy (non-hydrogen) atoms. The van der Waals surface area contributed by atoms with Crippen molar-refractivity contribution in [2.75, 3.05) is 5.75 Å². The molecule has 1 saturated carbocycles. The summed E-state index contributed by atoms with van der Waals surface area (Å²) in [7, 11) is -3.00. The van der Waals surface area contributed by atoms with Crippen LogP contribution in [0.5, 0.6) is 0 Å². The molecule has 1 fully saturated rings. The first-order valence-electron chi connectivity index (χ1n) is 5.10. The highest BCUT2D eigenvalue weighted by molar-refractivity contribution is 7.92. The Morgan fingerprint density at radius 2 is 1.87 bits per heavy atom. The number of sulfone groups is 1. The van der Waals surface area contributed by atoms with Crippen molar-refractivity contribution in [3.05, 3.63) is 35.9 Å². The zero-order valence-electron chi connectivity index (χ0n) is 8.63. The number of hydrogen-bond acceptors (Lipinski definition) is 3. The van der Waals surface area contributed by atoms with Crippen LogP contribution < -0.4 is 5.73 Å². The van der Waals surface area contributed by atoms with Crippen molar-refractivity contribution in [2.24, 2.45) is 5.73 Å². The van der Waals surface area contributed by atoms with Crippen molar-refractivity contribution < 1.29 is 8.42 Å². The van der Waals surface area contributed by atoms with Crippen LogP contribution in [0.4, 0.5) is 0 Å². The first-order chi connectivity index (χ1) is 7.08. The summed E-state index contributed by atoms with van der Waals surface area (Å²) in [6, 6.07) is 9.40. The van der Waals surface area contributed by atoms with Crippen molar-refractivity contribution in [3.63, 3.8) is 0 Å². The van der Waals surface area contributed by atoms with Crippen LogP contribution in [0.1, 0.15) is 18.4 Å². The van der Waals surface area contributed by atoms with Gasteiger partial charge < -0.3 is 5.73 Å². The van der Waals surface area contributed by atoms with Gasteiger partial charge in [0.2, 0.25) is 0 Å². The van der Waals surface area contributed by atoms with Crippen LogP contribution in [0.15, 0.2) is 30.3 Å². The molecular formula is C11H15NO2S. The van der Waals surface area contributed by atoms with E-state index in [4.69, 9.17) is 5.73 Å². The second kappa shape index (κ2) is 3.61. The molecule has 0 aromatic heterocycles. The van der Waals surface area contributed by atoms with E-state index in [1.54, 1.807) is 6.92 Å². The molecule has 0 heterocycles. The van der Waals surface area contributed by atoms with Gasteiger partial charge in [-0.2, -0.15) is 0 Å². The molecule has 0 amide bonds. The number of benzene rings is 1. The molecule has 1 aliphatic carbocycles. The van der Waals surface area contributed by atoms with Crippen LogP contribution in [0.3, 0.4) is 0 Å². The molecule has 1 aliphatic rings. The molecule has 1 aromatic carbocycles. The van der Waals surface area contributed by atoms with Crippen molar-refractivity contribution >= 4 is 9.84 Å². The topological polar surface area (TPSA) is 60.2 Å². The molecular weight excluding hydrogens is 210 g/mol. The lowest BCUT2D eigenvalue weighted by Crippen LogP contribution is -2.17. The number of hydrogen-bond donors (Lipinski definition) is 1. The maximum Gasteiger partial charge on any atom is 0.155 e. The standard InChI is InChI=1S/C11H15NO2S/c1-2-15(13,14)11-9(10(11)12)8-6-4-3-5-7-8/h3-7,9-11H,2,12H2,1H3/t9-,10-,11+/m0/s1. The summed E-state index contributed by atoms with van der Waals surface area (Å²) in [5.41, 5.74) is 6.86. The Bertz CT molecular complexity index is 441. The van der Waals surface area contributed by atoms with E-state index in [0.717, 1.165) is 5.56 Å². The van der Waals surface area contributed by atoms with E-state index < -0.39 is 9.84 Å². The highest BCUT2D eigenvalue weighted by Gasteiger charge is 2.55. The Kier molecular flexibility index (Phi) is 2.56. The van der Waals surface area contributed by atoms with Gasteiger partial charge in [-0.3, -0.25) is 0 Å². The summed E-state index contributed by atoms with van der Waals surface area (Å²) in [4.78, 5) is 0. The molecule has 3 atom stereocenters. The van der Waals surface area contributed by atoms with E-state index >= 15 is 0 Å². The van der Waals surface area contributed by atoms with E-state index in [0.29, 0.717) is 0 Å². The molecule has 82 valence electrons. The molecule has 4 heteroatoms. The Balaban J connectivity index is 2.24. The summed E-state index contributed by atoms with van der Waals surface area (Å²) in [5, 5.41) is -0.370. The van der Waals surface area contributed by atoms with Crippen LogP contribution >= 0.6 is 0 Å². The van der Waals surface area contributed by atoms with Gasteiger partial charge in [0.1, 0.15) is 0 Å². The smallest absolute Gasteiger partial charge is 0.155 e. The summed E-state index contributed by atoms with van der Waals surface area (Å²) in [6.07, 6.45) is 0. The van der Waals surface area contributed by atoms with E-state index in [1.807, 2.05) is 30.3 Å². The number of rotatable bonds is 3. The summed E-state index contributed by atoms with van der Waals surface area (Å²) in [5.74, 6) is 0.172. The molecule has 2 N–H and O–H groups in total. The fraction of sp³-hybridized carbons (Fsp3) is 0.455. The molecule has 3 nitrogen and oxygen atoms in total. The first-order valence-corrected chi connectivity index (χ1v) is 6.81. The Morgan fingerprint density at radius 3 is 2.40 bits per heavy atom. The Morgan fingerprint density at radius 1 is 1.27 bits per heavy atom. The lowest BCUT2D eigenvalue weighted by molar-refractivity contribution is 0.594. The van der Waals surface area contributed by atoms with Gasteiger partial charge in [-0.25, -0.2) is 8.42 Å². The average Bonchev–Trinajstić information content (AvgIpc) is 2.92. The zero-order valence-corrected chi connectivity index (χ0v) is 9.44. The minimum Gasteiger partial charge on any atom is -0.326 e. The van der Waals surface area contributed by atoms with Gasteiger partial charge in [0.05, 0.1) is 5.25 Å². The molecule has 0 unspecified atom stereocenters. The molecule has 2 rings (SSSR count). The van der Waals surface area contributed by atoms with E-state index in [2.05, 4.69) is 0 Å². The van der Waals surface area contributed by atoms with Crippen LogP contribution in [0.25, 0.3) is 0 Å². The van der Waals surface area contributed by atoms with Crippen LogP contribution in [-0.4, -0.2) is 25.5 Å². The van der Waals surface area contributed by atoms with E-state index in [1.165, 1.54) is 0 Å². The van der Waals surface area contributed by atoms with Gasteiger partial charge in [-0.05, 0) is 5.56 Å². The quantitative estimate of drug-likeness (QED) is 0.832. The van der Waals surface area contributed by atoms with Crippen molar-refractivity contribution in [1.29, 1.82) is 0 Å². The van der Waals surface area contributed by atoms with Crippen molar-refractivity contribution in [2.45, 2.75) is 24.1 Å². The van der Waals surface area contributed by atoms with Gasteiger partial charge in [-0.15, -0.1) is 0 Å². The van der Waals surface area contributed by atoms with E-state index in [9.17, 15) is 8.42 Å². The van der Waals surface area contributed by atoms with Crippen LogP contribution in [0, 0.1) is 0 Å². The lowest BCUT2D eigenvalue weighted by atomic mass is 10.1. The minimum absolute atomic E-state index is 0.00356. The maximum absolute atomic E-state index is 11.7. The second-order valence-corrected chi connectivity index (χ2v) is 6.38. The van der Waals surface area contributed by atoms with Gasteiger partial charge in [-0.1, -0.05) is 37.3 Å². The molecule has 0 radical (unpaired) electrons. The predicted octanol–water partition coefficient (Wildman–Crippen LogP) is 0.914. The fourth-order valence-corrected chi connectivity index (χ4v) is 3.78. The highest BCUT2D eigenvalue weighted by atomic mass is 32.2. The predicted molar refractivity (Wildman–Crippen MR) is 60.4 cm³/mol. The van der Waals surface area contributed by atoms with Gasteiger partial charge in [0.25, 0.3) is 0 Å². The molecule has 0 saturated heterocycles. The van der Waals surface area contributed by atoms with Gasteiger partial charge in [0.15, 0.2) is 9.84 Å². The fourth-order valence-electron chi connectivity index (χ4n) is 2.05. The molecule has 0 bridgehead atoms. The molecule has 0 aliphatic heterocycles. The third-order valence-electron chi connectivity index (χ3n) is 3.01. The third-order valence-corrected chi connectivity index (χ3v) is 5.25. The van der Waals surface area contributed by atoms with E-state index in [-0.39, 0.29) is 23.0 Å². The molecule has 1 aromatic rings. The third kappa shape index (κ3) is 1.79. The van der Waals surface area contributed by atoms with Crippen LogP contribution in [0.2, 0.25) is 0 Å². The average molecular weight is 225 g/mol. The lowest BCUT2D eigenvalue weighted by Gasteiger charge is -1.99. The second-order valence-electron chi connectivity index (χ2n) is 3.93. The summed E-state index contributed by atoms with van der Waals surface area (Å²) >= 11 is 0. The van der Waals surface area contributed by atoms with Gasteiger partial charge in [0, 0.05) is 17.7 Å². The normalized spacial score (nSPS) is 30.1. The minimum atomic E-state index is -3.00. The largest absolute Gasteiger partial charge is 0.326 e. The molecule has 0 spiro atoms. The number of nitrogens with two attached hydrogens (primary N) is 1. The van der Waals surface area contributed by atoms with Crippen molar-refractivity contribution in [3.8, 4) is 0 Å². The van der Waals surface area contributed by atoms with Gasteiger partial charge >= 0.3 is 0 Å². The first kappa shape index (κ1) is 10.6.